The van der Waals surface area contributed by atoms with Crippen LogP contribution in [0.25, 0.3) is 0 Å². The van der Waals surface area contributed by atoms with E-state index in [9.17, 15) is 9.90 Å². The molecule has 0 aliphatic heterocycles. The summed E-state index contributed by atoms with van der Waals surface area (Å²) >= 11 is 5.60. The minimum absolute atomic E-state index is 0.0570. The molecule has 0 aliphatic carbocycles. The van der Waals surface area contributed by atoms with Crippen molar-refractivity contribution in [1.29, 1.82) is 0 Å². The number of methoxy groups -OCH3 is 1. The summed E-state index contributed by atoms with van der Waals surface area (Å²) in [5, 5.41) is 12.3. The molecule has 17 heavy (non-hydrogen) atoms. The molecule has 1 aromatic carbocycles. The molecule has 94 valence electrons. The smallest absolute Gasteiger partial charge is 0.407 e. The van der Waals surface area contributed by atoms with E-state index in [1.165, 1.54) is 7.11 Å². The number of hydrogen-bond acceptors (Lipinski definition) is 3. The molecule has 4 nitrogen and oxygen atoms in total. The number of carbonyl (C=O) groups is 1. The fourth-order valence-electron chi connectivity index (χ4n) is 1.47. The van der Waals surface area contributed by atoms with Gasteiger partial charge in [-0.15, -0.1) is 11.6 Å². The summed E-state index contributed by atoms with van der Waals surface area (Å²) in [6.07, 6.45) is -0.879. The summed E-state index contributed by atoms with van der Waals surface area (Å²) in [4.78, 5) is 11.1. The fraction of sp³-hybridized carbons (Fsp3) is 0.417. The number of alkyl carbamates (subject to hydrolysis) is 1. The largest absolute Gasteiger partial charge is 0.453 e. The number of aliphatic hydroxyl groups is 1. The zero-order valence-electron chi connectivity index (χ0n) is 9.60. The quantitative estimate of drug-likeness (QED) is 0.787. The Kier molecular flexibility index (Phi) is 5.80. The Hall–Kier alpha value is -1.26. The van der Waals surface area contributed by atoms with Crippen molar-refractivity contribution in [2.24, 2.45) is 0 Å². The summed E-state index contributed by atoms with van der Waals surface area (Å²) < 4.78 is 4.51. The lowest BCUT2D eigenvalue weighted by Gasteiger charge is -2.22. The molecule has 0 radical (unpaired) electrons. The second-order valence-corrected chi connectivity index (χ2v) is 3.96. The molecule has 2 atom stereocenters. The van der Waals surface area contributed by atoms with E-state index in [0.717, 1.165) is 5.56 Å². The standard InChI is InChI=1S/C12H16ClNO3/c1-17-12(16)14-10(11(15)8-13)7-9-5-3-2-4-6-9/h2-6,10-11,15H,7-8H2,1H3,(H,14,16)/t10-,11+/m1/s1. The molecule has 0 spiro atoms. The van der Waals surface area contributed by atoms with Crippen LogP contribution in [0.3, 0.4) is 0 Å². The number of ether oxygens (including phenoxy) is 1. The minimum atomic E-state index is -0.809. The molecule has 0 aliphatic rings. The molecule has 0 fully saturated rings. The molecule has 5 heteroatoms. The van der Waals surface area contributed by atoms with E-state index >= 15 is 0 Å². The van der Waals surface area contributed by atoms with Crippen LogP contribution in [0.1, 0.15) is 5.56 Å². The highest BCUT2D eigenvalue weighted by Crippen LogP contribution is 2.07. The van der Waals surface area contributed by atoms with Gasteiger partial charge in [0, 0.05) is 0 Å². The van der Waals surface area contributed by atoms with Gasteiger partial charge in [0.1, 0.15) is 0 Å². The number of hydrogen-bond donors (Lipinski definition) is 2. The Morgan fingerprint density at radius 2 is 2.12 bits per heavy atom. The maximum atomic E-state index is 11.1. The molecule has 1 rings (SSSR count). The van der Waals surface area contributed by atoms with Crippen LogP contribution >= 0.6 is 11.6 Å². The predicted octanol–water partition coefficient (Wildman–Crippen LogP) is 1.55. The van der Waals surface area contributed by atoms with E-state index in [4.69, 9.17) is 11.6 Å². The Bertz CT molecular complexity index is 345. The van der Waals surface area contributed by atoms with Crippen molar-refractivity contribution in [3.05, 3.63) is 35.9 Å². The number of alkyl halides is 1. The molecule has 0 bridgehead atoms. The summed E-state index contributed by atoms with van der Waals surface area (Å²) in [6, 6.07) is 9.10. The molecular weight excluding hydrogens is 242 g/mol. The van der Waals surface area contributed by atoms with E-state index in [-0.39, 0.29) is 5.88 Å². The highest BCUT2D eigenvalue weighted by molar-refractivity contribution is 6.18. The van der Waals surface area contributed by atoms with Gasteiger partial charge in [-0.2, -0.15) is 0 Å². The topological polar surface area (TPSA) is 58.6 Å². The van der Waals surface area contributed by atoms with E-state index in [0.29, 0.717) is 6.42 Å². The number of amides is 1. The monoisotopic (exact) mass is 257 g/mol. The van der Waals surface area contributed by atoms with E-state index in [1.54, 1.807) is 0 Å². The van der Waals surface area contributed by atoms with Crippen LogP contribution in [0, 0.1) is 0 Å². The van der Waals surface area contributed by atoms with Crippen molar-refractivity contribution in [3.8, 4) is 0 Å². The third kappa shape index (κ3) is 4.63. The lowest BCUT2D eigenvalue weighted by molar-refractivity contribution is 0.127. The fourth-order valence-corrected chi connectivity index (χ4v) is 1.68. The van der Waals surface area contributed by atoms with Gasteiger partial charge >= 0.3 is 6.09 Å². The van der Waals surface area contributed by atoms with Gasteiger partial charge in [-0.25, -0.2) is 4.79 Å². The molecule has 0 unspecified atom stereocenters. The first-order valence-corrected chi connectivity index (χ1v) is 5.83. The average molecular weight is 258 g/mol. The Morgan fingerprint density at radius 1 is 1.47 bits per heavy atom. The van der Waals surface area contributed by atoms with E-state index < -0.39 is 18.2 Å². The van der Waals surface area contributed by atoms with Crippen LogP contribution in [0.5, 0.6) is 0 Å². The van der Waals surface area contributed by atoms with Crippen LogP contribution in [0.2, 0.25) is 0 Å². The molecule has 0 heterocycles. The zero-order chi connectivity index (χ0) is 12.7. The number of carbonyl (C=O) groups excluding carboxylic acids is 1. The van der Waals surface area contributed by atoms with Crippen molar-refractivity contribution in [2.75, 3.05) is 13.0 Å². The van der Waals surface area contributed by atoms with Gasteiger partial charge in [-0.3, -0.25) is 0 Å². The number of benzene rings is 1. The molecular formula is C12H16ClNO3. The van der Waals surface area contributed by atoms with E-state index in [1.807, 2.05) is 30.3 Å². The Balaban J connectivity index is 2.67. The highest BCUT2D eigenvalue weighted by Gasteiger charge is 2.21. The molecule has 1 aromatic rings. The van der Waals surface area contributed by atoms with Gasteiger partial charge in [-0.1, -0.05) is 30.3 Å². The first-order valence-electron chi connectivity index (χ1n) is 5.29. The molecule has 2 N–H and O–H groups in total. The number of aliphatic hydroxyl groups excluding tert-OH is 1. The third-order valence-corrected chi connectivity index (χ3v) is 2.73. The molecule has 0 saturated carbocycles. The van der Waals surface area contributed by atoms with Crippen molar-refractivity contribution in [2.45, 2.75) is 18.6 Å². The van der Waals surface area contributed by atoms with Crippen LogP contribution in [-0.2, 0) is 11.2 Å². The average Bonchev–Trinajstić information content (AvgIpc) is 2.38. The summed E-state index contributed by atoms with van der Waals surface area (Å²) in [5.74, 6) is 0.0570. The van der Waals surface area contributed by atoms with Crippen LogP contribution < -0.4 is 5.32 Å². The second-order valence-electron chi connectivity index (χ2n) is 3.65. The number of rotatable bonds is 5. The molecule has 0 saturated heterocycles. The lowest BCUT2D eigenvalue weighted by atomic mass is 10.0. The summed E-state index contributed by atoms with van der Waals surface area (Å²) in [7, 11) is 1.28. The van der Waals surface area contributed by atoms with Crippen molar-refractivity contribution >= 4 is 17.7 Å². The number of nitrogens with one attached hydrogen (secondary N) is 1. The maximum absolute atomic E-state index is 11.1. The Labute approximate surface area is 106 Å². The lowest BCUT2D eigenvalue weighted by Crippen LogP contribution is -2.45. The Morgan fingerprint density at radius 3 is 2.65 bits per heavy atom. The van der Waals surface area contributed by atoms with Crippen LogP contribution in [0.15, 0.2) is 30.3 Å². The first-order chi connectivity index (χ1) is 8.17. The van der Waals surface area contributed by atoms with Gasteiger partial charge in [0.15, 0.2) is 0 Å². The van der Waals surface area contributed by atoms with Gasteiger partial charge in [0.05, 0.1) is 25.1 Å². The first kappa shape index (κ1) is 13.8. The zero-order valence-corrected chi connectivity index (χ0v) is 10.4. The highest BCUT2D eigenvalue weighted by atomic mass is 35.5. The summed E-state index contributed by atoms with van der Waals surface area (Å²) in [5.41, 5.74) is 1.01. The van der Waals surface area contributed by atoms with Gasteiger partial charge in [0.25, 0.3) is 0 Å². The number of halogens is 1. The van der Waals surface area contributed by atoms with Crippen LogP contribution in [-0.4, -0.2) is 36.3 Å². The predicted molar refractivity (Wildman–Crippen MR) is 66.2 cm³/mol. The van der Waals surface area contributed by atoms with E-state index in [2.05, 4.69) is 10.1 Å². The SMILES string of the molecule is COC(=O)N[C@H](Cc1ccccc1)[C@@H](O)CCl. The van der Waals surface area contributed by atoms with Crippen molar-refractivity contribution in [3.63, 3.8) is 0 Å². The third-order valence-electron chi connectivity index (χ3n) is 2.41. The molecule has 1 amide bonds. The van der Waals surface area contributed by atoms with Crippen molar-refractivity contribution in [1.82, 2.24) is 5.32 Å². The summed E-state index contributed by atoms with van der Waals surface area (Å²) in [6.45, 7) is 0. The van der Waals surface area contributed by atoms with Gasteiger partial charge < -0.3 is 15.2 Å². The van der Waals surface area contributed by atoms with Crippen molar-refractivity contribution < 1.29 is 14.6 Å². The maximum Gasteiger partial charge on any atom is 0.407 e. The van der Waals surface area contributed by atoms with Crippen LogP contribution in [0.4, 0.5) is 4.79 Å². The van der Waals surface area contributed by atoms with Gasteiger partial charge in [0.2, 0.25) is 0 Å². The normalized spacial score (nSPS) is 13.8. The van der Waals surface area contributed by atoms with Gasteiger partial charge in [-0.05, 0) is 12.0 Å². The molecule has 0 aromatic heterocycles. The minimum Gasteiger partial charge on any atom is -0.453 e. The second kappa shape index (κ2) is 7.14.